The molecule has 1 amide bonds. The molecule has 146 valence electrons. The fourth-order valence-electron chi connectivity index (χ4n) is 3.50. The summed E-state index contributed by atoms with van der Waals surface area (Å²) in [6, 6.07) is 3.81. The van der Waals surface area contributed by atoms with E-state index >= 15 is 0 Å². The van der Waals surface area contributed by atoms with Gasteiger partial charge < -0.3 is 16.0 Å². The number of amides is 1. The van der Waals surface area contributed by atoms with Crippen LogP contribution >= 0.6 is 11.3 Å². The Morgan fingerprint density at radius 1 is 1.32 bits per heavy atom. The molecule has 0 aromatic carbocycles. The highest BCUT2D eigenvalue weighted by Crippen LogP contribution is 2.39. The number of thiophene rings is 1. The van der Waals surface area contributed by atoms with Crippen molar-refractivity contribution in [3.05, 3.63) is 35.0 Å². The van der Waals surface area contributed by atoms with Gasteiger partial charge in [-0.1, -0.05) is 13.8 Å². The number of fused-ring (bicyclic) bond motifs is 3. The van der Waals surface area contributed by atoms with Crippen LogP contribution in [0.2, 0.25) is 0 Å². The van der Waals surface area contributed by atoms with Gasteiger partial charge in [0.1, 0.15) is 10.6 Å². The average Bonchev–Trinajstić information content (AvgIpc) is 3.09. The number of carbonyl (C=O) groups excluding carboxylic acids is 1. The maximum Gasteiger partial charge on any atom is 0.225 e. The molecule has 0 radical (unpaired) electrons. The van der Waals surface area contributed by atoms with E-state index in [-0.39, 0.29) is 11.8 Å². The third kappa shape index (κ3) is 3.45. The highest BCUT2D eigenvalue weighted by Gasteiger charge is 2.27. The fourth-order valence-corrected chi connectivity index (χ4v) is 4.73. The zero-order valence-corrected chi connectivity index (χ0v) is 16.9. The van der Waals surface area contributed by atoms with Gasteiger partial charge in [-0.15, -0.1) is 11.3 Å². The van der Waals surface area contributed by atoms with Crippen LogP contribution in [0.5, 0.6) is 0 Å². The minimum atomic E-state index is 0.00999. The standard InChI is InChI=1S/C20H24N6OS/c1-12(2)20(27)26-10-5-14-15(11-26)28-19-16(14)18(23-9-6-21)24-17(25-19)13-3-7-22-8-4-13/h3-4,7-8,12H,5-6,9-11,21H2,1-2H3,(H,23,24,25). The summed E-state index contributed by atoms with van der Waals surface area (Å²) in [6.45, 7) is 6.45. The number of hydrogen-bond acceptors (Lipinski definition) is 7. The molecule has 0 saturated heterocycles. The van der Waals surface area contributed by atoms with Gasteiger partial charge >= 0.3 is 0 Å². The lowest BCUT2D eigenvalue weighted by atomic mass is 10.0. The minimum absolute atomic E-state index is 0.00999. The molecule has 0 atom stereocenters. The number of pyridine rings is 1. The Morgan fingerprint density at radius 2 is 2.11 bits per heavy atom. The molecule has 7 nitrogen and oxygen atoms in total. The average molecular weight is 397 g/mol. The van der Waals surface area contributed by atoms with Crippen molar-refractivity contribution >= 4 is 33.3 Å². The molecule has 0 spiro atoms. The molecule has 3 aromatic rings. The van der Waals surface area contributed by atoms with Crippen LogP contribution in [0.4, 0.5) is 5.82 Å². The Hall–Kier alpha value is -2.58. The van der Waals surface area contributed by atoms with Gasteiger partial charge in [0.2, 0.25) is 5.91 Å². The topological polar surface area (TPSA) is 97.0 Å². The first kappa shape index (κ1) is 18.8. The number of carbonyl (C=O) groups is 1. The maximum atomic E-state index is 12.4. The lowest BCUT2D eigenvalue weighted by Gasteiger charge is -2.28. The predicted molar refractivity (Wildman–Crippen MR) is 112 cm³/mol. The van der Waals surface area contributed by atoms with Gasteiger partial charge in [0.05, 0.1) is 11.9 Å². The van der Waals surface area contributed by atoms with E-state index in [1.807, 2.05) is 30.9 Å². The number of hydrogen-bond donors (Lipinski definition) is 2. The smallest absolute Gasteiger partial charge is 0.225 e. The second-order valence-corrected chi connectivity index (χ2v) is 8.28. The first-order chi connectivity index (χ1) is 13.6. The normalized spacial score (nSPS) is 13.8. The van der Waals surface area contributed by atoms with Crippen molar-refractivity contribution in [1.29, 1.82) is 0 Å². The Kier molecular flexibility index (Phi) is 5.23. The Balaban J connectivity index is 1.79. The summed E-state index contributed by atoms with van der Waals surface area (Å²) in [4.78, 5) is 30.2. The molecular weight excluding hydrogens is 372 g/mol. The molecule has 4 heterocycles. The van der Waals surface area contributed by atoms with Crippen LogP contribution in [0.3, 0.4) is 0 Å². The van der Waals surface area contributed by atoms with E-state index in [9.17, 15) is 4.79 Å². The molecule has 8 heteroatoms. The summed E-state index contributed by atoms with van der Waals surface area (Å²) in [5.74, 6) is 1.70. The van der Waals surface area contributed by atoms with E-state index < -0.39 is 0 Å². The van der Waals surface area contributed by atoms with Crippen molar-refractivity contribution in [3.63, 3.8) is 0 Å². The molecule has 3 N–H and O–H groups in total. The summed E-state index contributed by atoms with van der Waals surface area (Å²) in [7, 11) is 0. The van der Waals surface area contributed by atoms with Gasteiger partial charge in [0.25, 0.3) is 0 Å². The molecule has 0 saturated carbocycles. The van der Waals surface area contributed by atoms with E-state index in [1.54, 1.807) is 23.7 Å². The van der Waals surface area contributed by atoms with Gasteiger partial charge in [-0.3, -0.25) is 9.78 Å². The van der Waals surface area contributed by atoms with E-state index in [0.717, 1.165) is 34.6 Å². The van der Waals surface area contributed by atoms with E-state index in [0.29, 0.717) is 25.5 Å². The SMILES string of the molecule is CC(C)C(=O)N1CCc2c(sc3nc(-c4ccncc4)nc(NCCN)c23)C1. The van der Waals surface area contributed by atoms with Gasteiger partial charge in [-0.2, -0.15) is 0 Å². The third-order valence-corrected chi connectivity index (χ3v) is 5.99. The number of nitrogens with two attached hydrogens (primary N) is 1. The third-order valence-electron chi connectivity index (χ3n) is 4.88. The largest absolute Gasteiger partial charge is 0.368 e. The second-order valence-electron chi connectivity index (χ2n) is 7.20. The molecule has 0 bridgehead atoms. The first-order valence-corrected chi connectivity index (χ1v) is 10.4. The molecular formula is C20H24N6OS. The van der Waals surface area contributed by atoms with Crippen molar-refractivity contribution < 1.29 is 4.79 Å². The Bertz CT molecular complexity index is 1000. The van der Waals surface area contributed by atoms with Crippen LogP contribution in [0, 0.1) is 5.92 Å². The molecule has 3 aromatic heterocycles. The lowest BCUT2D eigenvalue weighted by Crippen LogP contribution is -2.37. The molecule has 28 heavy (non-hydrogen) atoms. The van der Waals surface area contributed by atoms with E-state index in [4.69, 9.17) is 15.7 Å². The summed E-state index contributed by atoms with van der Waals surface area (Å²) in [5, 5.41) is 4.44. The summed E-state index contributed by atoms with van der Waals surface area (Å²) in [6.07, 6.45) is 4.30. The molecule has 0 fully saturated rings. The number of aromatic nitrogens is 3. The molecule has 1 aliphatic rings. The zero-order chi connectivity index (χ0) is 19.7. The molecule has 4 rings (SSSR count). The quantitative estimate of drug-likeness (QED) is 0.688. The van der Waals surface area contributed by atoms with Crippen molar-refractivity contribution in [1.82, 2.24) is 19.9 Å². The van der Waals surface area contributed by atoms with Crippen molar-refractivity contribution in [2.45, 2.75) is 26.8 Å². The maximum absolute atomic E-state index is 12.4. The number of nitrogens with one attached hydrogen (secondary N) is 1. The van der Waals surface area contributed by atoms with Crippen LogP contribution in [0.25, 0.3) is 21.6 Å². The van der Waals surface area contributed by atoms with Crippen LogP contribution in [-0.2, 0) is 17.8 Å². The number of rotatable bonds is 5. The second kappa shape index (κ2) is 7.81. The van der Waals surface area contributed by atoms with Gasteiger partial charge in [0.15, 0.2) is 5.82 Å². The fraction of sp³-hybridized carbons (Fsp3) is 0.400. The van der Waals surface area contributed by atoms with Crippen LogP contribution < -0.4 is 11.1 Å². The van der Waals surface area contributed by atoms with Crippen LogP contribution in [0.1, 0.15) is 24.3 Å². The summed E-state index contributed by atoms with van der Waals surface area (Å²) < 4.78 is 0. The zero-order valence-electron chi connectivity index (χ0n) is 16.1. The monoisotopic (exact) mass is 396 g/mol. The lowest BCUT2D eigenvalue weighted by molar-refractivity contribution is -0.135. The number of nitrogens with zero attached hydrogens (tertiary/aromatic N) is 4. The molecule has 0 unspecified atom stereocenters. The Labute approximate surface area is 168 Å². The van der Waals surface area contributed by atoms with Crippen molar-refractivity contribution in [2.75, 3.05) is 25.0 Å². The highest BCUT2D eigenvalue weighted by atomic mass is 32.1. The van der Waals surface area contributed by atoms with Gasteiger partial charge in [-0.25, -0.2) is 9.97 Å². The number of anilines is 1. The van der Waals surface area contributed by atoms with Crippen LogP contribution in [0.15, 0.2) is 24.5 Å². The molecule has 1 aliphatic heterocycles. The summed E-state index contributed by atoms with van der Waals surface area (Å²) in [5.41, 5.74) is 7.89. The highest BCUT2D eigenvalue weighted by molar-refractivity contribution is 7.19. The minimum Gasteiger partial charge on any atom is -0.368 e. The van der Waals surface area contributed by atoms with E-state index in [2.05, 4.69) is 10.3 Å². The Morgan fingerprint density at radius 3 is 2.82 bits per heavy atom. The van der Waals surface area contributed by atoms with E-state index in [1.165, 1.54) is 10.4 Å². The molecule has 0 aliphatic carbocycles. The van der Waals surface area contributed by atoms with Crippen molar-refractivity contribution in [2.24, 2.45) is 11.7 Å². The predicted octanol–water partition coefficient (Wildman–Crippen LogP) is 2.66. The van der Waals surface area contributed by atoms with Gasteiger partial charge in [0, 0.05) is 48.4 Å². The summed E-state index contributed by atoms with van der Waals surface area (Å²) >= 11 is 1.66. The first-order valence-electron chi connectivity index (χ1n) is 9.54. The van der Waals surface area contributed by atoms with Crippen LogP contribution in [-0.4, -0.2) is 45.4 Å². The van der Waals surface area contributed by atoms with Gasteiger partial charge in [-0.05, 0) is 24.1 Å². The van der Waals surface area contributed by atoms with Crippen molar-refractivity contribution in [3.8, 4) is 11.4 Å².